The molecule has 0 aromatic carbocycles. The largest absolute Gasteiger partial charge is 0.459 e. The number of hydrogen-bond donors (Lipinski definition) is 0. The third-order valence-electron chi connectivity index (χ3n) is 6.50. The summed E-state index contributed by atoms with van der Waals surface area (Å²) in [5, 5.41) is 8.41. The fraction of sp³-hybridized carbons (Fsp3) is 0.600. The first-order valence-electron chi connectivity index (χ1n) is 10.1. The molecule has 1 aliphatic heterocycles. The molecule has 2 amide bonds. The molecule has 0 bridgehead atoms. The molecule has 8 nitrogen and oxygen atoms in total. The zero-order valence-electron chi connectivity index (χ0n) is 16.5. The van der Waals surface area contributed by atoms with Gasteiger partial charge in [0, 0.05) is 26.2 Å². The van der Waals surface area contributed by atoms with Crippen molar-refractivity contribution < 1.29 is 14.0 Å². The van der Waals surface area contributed by atoms with Crippen molar-refractivity contribution in [3.8, 4) is 0 Å². The van der Waals surface area contributed by atoms with Crippen molar-refractivity contribution in [2.75, 3.05) is 26.2 Å². The lowest BCUT2D eigenvalue weighted by Gasteiger charge is -2.53. The van der Waals surface area contributed by atoms with E-state index in [4.69, 9.17) is 4.42 Å². The summed E-state index contributed by atoms with van der Waals surface area (Å²) in [5.74, 6) is 0.295. The summed E-state index contributed by atoms with van der Waals surface area (Å²) in [5.41, 5.74) is 0.555. The number of rotatable bonds is 5. The van der Waals surface area contributed by atoms with Gasteiger partial charge in [0.15, 0.2) is 11.5 Å². The van der Waals surface area contributed by atoms with E-state index in [0.29, 0.717) is 24.5 Å². The predicted molar refractivity (Wildman–Crippen MR) is 102 cm³/mol. The summed E-state index contributed by atoms with van der Waals surface area (Å²) >= 11 is 0. The Bertz CT molecular complexity index is 832. The van der Waals surface area contributed by atoms with E-state index in [-0.39, 0.29) is 23.3 Å². The lowest BCUT2D eigenvalue weighted by Crippen LogP contribution is -2.51. The Morgan fingerprint density at radius 1 is 1.25 bits per heavy atom. The molecule has 0 radical (unpaired) electrons. The number of furan rings is 1. The average molecular weight is 385 g/mol. The van der Waals surface area contributed by atoms with Crippen LogP contribution in [0.5, 0.6) is 0 Å². The minimum absolute atomic E-state index is 0.0383. The first kappa shape index (κ1) is 18.7. The van der Waals surface area contributed by atoms with Gasteiger partial charge >= 0.3 is 0 Å². The molecule has 150 valence electrons. The van der Waals surface area contributed by atoms with Gasteiger partial charge in [0.25, 0.3) is 11.8 Å². The molecular formula is C20H27N5O3. The van der Waals surface area contributed by atoms with Gasteiger partial charge in [-0.05, 0) is 57.1 Å². The topological polar surface area (TPSA) is 84.5 Å². The molecule has 0 N–H and O–H groups in total. The van der Waals surface area contributed by atoms with Crippen LogP contribution in [0, 0.1) is 5.41 Å². The second-order valence-electron chi connectivity index (χ2n) is 7.75. The summed E-state index contributed by atoms with van der Waals surface area (Å²) in [6.45, 7) is 6.69. The molecule has 1 atom stereocenters. The van der Waals surface area contributed by atoms with Gasteiger partial charge in [0.1, 0.15) is 0 Å². The first-order valence-corrected chi connectivity index (χ1v) is 10.1. The van der Waals surface area contributed by atoms with Crippen molar-refractivity contribution in [1.82, 2.24) is 24.8 Å². The molecular weight excluding hydrogens is 358 g/mol. The van der Waals surface area contributed by atoms with Crippen molar-refractivity contribution >= 4 is 11.8 Å². The highest BCUT2D eigenvalue weighted by Crippen LogP contribution is 2.56. The maximum atomic E-state index is 12.5. The highest BCUT2D eigenvalue weighted by atomic mass is 16.3. The summed E-state index contributed by atoms with van der Waals surface area (Å²) in [6, 6.07) is 3.70. The van der Waals surface area contributed by atoms with Crippen LogP contribution in [0.25, 0.3) is 0 Å². The van der Waals surface area contributed by atoms with E-state index in [1.807, 2.05) is 23.4 Å². The van der Waals surface area contributed by atoms with Crippen LogP contribution in [-0.4, -0.2) is 62.8 Å². The maximum absolute atomic E-state index is 12.5. The van der Waals surface area contributed by atoms with Crippen LogP contribution in [-0.2, 0) is 0 Å². The van der Waals surface area contributed by atoms with Crippen molar-refractivity contribution in [3.63, 3.8) is 0 Å². The lowest BCUT2D eigenvalue weighted by atomic mass is 9.59. The standard InChI is InChI=1S/C20H27N5O3/c1-3-23(4-2)18(26)15-14-25(22-21-15)17-7-8-20(17)9-11-24(12-10-20)19(27)16-6-5-13-28-16/h5-6,13-14,17H,3-4,7-12H2,1-2H3. The monoisotopic (exact) mass is 385 g/mol. The number of piperidine rings is 1. The van der Waals surface area contributed by atoms with Gasteiger partial charge in [-0.25, -0.2) is 4.68 Å². The Morgan fingerprint density at radius 3 is 2.57 bits per heavy atom. The molecule has 1 unspecified atom stereocenters. The Hall–Kier alpha value is -2.64. The molecule has 28 heavy (non-hydrogen) atoms. The van der Waals surface area contributed by atoms with Crippen molar-refractivity contribution in [3.05, 3.63) is 36.0 Å². The normalized spacial score (nSPS) is 20.8. The van der Waals surface area contributed by atoms with Crippen LogP contribution in [0.1, 0.15) is 66.6 Å². The van der Waals surface area contributed by atoms with Crippen LogP contribution < -0.4 is 0 Å². The van der Waals surface area contributed by atoms with Crippen LogP contribution in [0.2, 0.25) is 0 Å². The smallest absolute Gasteiger partial charge is 0.289 e. The number of amides is 2. The van der Waals surface area contributed by atoms with Crippen LogP contribution in [0.4, 0.5) is 0 Å². The molecule has 1 spiro atoms. The number of carbonyl (C=O) groups excluding carboxylic acids is 2. The van der Waals surface area contributed by atoms with Crippen LogP contribution >= 0.6 is 0 Å². The molecule has 2 aromatic heterocycles. The molecule has 1 aliphatic carbocycles. The van der Waals surface area contributed by atoms with Crippen molar-refractivity contribution in [2.24, 2.45) is 5.41 Å². The summed E-state index contributed by atoms with van der Waals surface area (Å²) in [6.07, 6.45) is 7.36. The Kier molecular flexibility index (Phi) is 4.95. The van der Waals surface area contributed by atoms with Crippen LogP contribution in [0.15, 0.2) is 29.0 Å². The SMILES string of the molecule is CCN(CC)C(=O)c1cn(C2CCC23CCN(C(=O)c2ccco2)CC3)nn1. The highest BCUT2D eigenvalue weighted by molar-refractivity contribution is 5.92. The van der Waals surface area contributed by atoms with Gasteiger partial charge in [0.2, 0.25) is 0 Å². The third kappa shape index (κ3) is 3.10. The van der Waals surface area contributed by atoms with E-state index in [1.165, 1.54) is 6.26 Å². The minimum atomic E-state index is -0.0662. The summed E-state index contributed by atoms with van der Waals surface area (Å²) in [4.78, 5) is 28.6. The lowest BCUT2D eigenvalue weighted by molar-refractivity contribution is -0.0274. The average Bonchev–Trinajstić information content (AvgIpc) is 3.40. The second kappa shape index (κ2) is 7.41. The fourth-order valence-corrected chi connectivity index (χ4v) is 4.59. The number of likely N-dealkylation sites (tertiary alicyclic amines) is 1. The van der Waals surface area contributed by atoms with E-state index in [2.05, 4.69) is 10.3 Å². The number of nitrogens with zero attached hydrogens (tertiary/aromatic N) is 5. The molecule has 3 heterocycles. The van der Waals surface area contributed by atoms with Crippen molar-refractivity contribution in [2.45, 2.75) is 45.6 Å². The number of aromatic nitrogens is 3. The molecule has 2 fully saturated rings. The van der Waals surface area contributed by atoms with Gasteiger partial charge in [0.05, 0.1) is 18.5 Å². The zero-order valence-corrected chi connectivity index (χ0v) is 16.5. The maximum Gasteiger partial charge on any atom is 0.289 e. The molecule has 1 saturated carbocycles. The first-order chi connectivity index (χ1) is 13.6. The molecule has 2 aliphatic rings. The number of hydrogen-bond acceptors (Lipinski definition) is 5. The minimum Gasteiger partial charge on any atom is -0.459 e. The highest BCUT2D eigenvalue weighted by Gasteiger charge is 2.50. The molecule has 2 aromatic rings. The van der Waals surface area contributed by atoms with E-state index in [9.17, 15) is 9.59 Å². The molecule has 4 rings (SSSR count). The van der Waals surface area contributed by atoms with Crippen molar-refractivity contribution in [1.29, 1.82) is 0 Å². The van der Waals surface area contributed by atoms with Gasteiger partial charge in [-0.1, -0.05) is 5.21 Å². The third-order valence-corrected chi connectivity index (χ3v) is 6.50. The predicted octanol–water partition coefficient (Wildman–Crippen LogP) is 2.61. The number of carbonyl (C=O) groups is 2. The van der Waals surface area contributed by atoms with E-state index >= 15 is 0 Å². The quantitative estimate of drug-likeness (QED) is 0.790. The Balaban J connectivity index is 1.42. The van der Waals surface area contributed by atoms with Crippen LogP contribution in [0.3, 0.4) is 0 Å². The summed E-state index contributed by atoms with van der Waals surface area (Å²) < 4.78 is 7.12. The van der Waals surface area contributed by atoms with Gasteiger partial charge in [-0.3, -0.25) is 9.59 Å². The van der Waals surface area contributed by atoms with Gasteiger partial charge in [-0.2, -0.15) is 0 Å². The Morgan fingerprint density at radius 2 is 2.00 bits per heavy atom. The fourth-order valence-electron chi connectivity index (χ4n) is 4.59. The summed E-state index contributed by atoms with van der Waals surface area (Å²) in [7, 11) is 0. The molecule has 8 heteroatoms. The Labute approximate surface area is 164 Å². The van der Waals surface area contributed by atoms with Gasteiger partial charge < -0.3 is 14.2 Å². The van der Waals surface area contributed by atoms with E-state index in [1.54, 1.807) is 23.2 Å². The molecule has 1 saturated heterocycles. The second-order valence-corrected chi connectivity index (χ2v) is 7.75. The van der Waals surface area contributed by atoms with E-state index in [0.717, 1.165) is 38.8 Å². The van der Waals surface area contributed by atoms with E-state index < -0.39 is 0 Å². The zero-order chi connectivity index (χ0) is 19.7. The van der Waals surface area contributed by atoms with Gasteiger partial charge in [-0.15, -0.1) is 5.10 Å².